The van der Waals surface area contributed by atoms with Crippen molar-refractivity contribution in [2.24, 2.45) is 11.8 Å². The third kappa shape index (κ3) is 5.41. The standard InChI is InChI=1S/C28H32N4O/c1-20-6-5-9-24(16-20)26-29-19-25(28(33)30-18-23-10-11-23)27(31-26)32-14-12-22(13-15-32)17-21-7-3-2-4-8-21/h2-9,16,19,22-23H,10-15,17-18H2,1H3,(H,30,33). The van der Waals surface area contributed by atoms with Gasteiger partial charge in [0, 0.05) is 31.4 Å². The Hall–Kier alpha value is -3.21. The van der Waals surface area contributed by atoms with Gasteiger partial charge in [-0.1, -0.05) is 54.1 Å². The number of carbonyl (C=O) groups excluding carboxylic acids is 1. The minimum atomic E-state index is -0.0564. The van der Waals surface area contributed by atoms with Gasteiger partial charge in [-0.25, -0.2) is 9.97 Å². The van der Waals surface area contributed by atoms with Crippen molar-refractivity contribution in [3.63, 3.8) is 0 Å². The maximum Gasteiger partial charge on any atom is 0.256 e. The van der Waals surface area contributed by atoms with Crippen molar-refractivity contribution in [1.29, 1.82) is 0 Å². The molecule has 2 aromatic carbocycles. The first-order valence-electron chi connectivity index (χ1n) is 12.2. The molecule has 1 amide bonds. The highest BCUT2D eigenvalue weighted by Gasteiger charge is 2.27. The molecule has 1 aromatic heterocycles. The summed E-state index contributed by atoms with van der Waals surface area (Å²) in [6.45, 7) is 4.63. The van der Waals surface area contributed by atoms with Crippen LogP contribution in [0.2, 0.25) is 0 Å². The number of hydrogen-bond acceptors (Lipinski definition) is 4. The molecule has 2 heterocycles. The van der Waals surface area contributed by atoms with Gasteiger partial charge in [-0.05, 0) is 62.5 Å². The lowest BCUT2D eigenvalue weighted by atomic mass is 9.90. The molecule has 2 aliphatic rings. The van der Waals surface area contributed by atoms with E-state index in [2.05, 4.69) is 64.6 Å². The second-order valence-electron chi connectivity index (χ2n) is 9.57. The molecule has 0 spiro atoms. The van der Waals surface area contributed by atoms with Crippen molar-refractivity contribution in [3.05, 3.63) is 77.5 Å². The lowest BCUT2D eigenvalue weighted by Crippen LogP contribution is -2.37. The third-order valence-electron chi connectivity index (χ3n) is 6.82. The van der Waals surface area contributed by atoms with Crippen LogP contribution >= 0.6 is 0 Å². The number of nitrogens with one attached hydrogen (secondary N) is 1. The van der Waals surface area contributed by atoms with E-state index in [-0.39, 0.29) is 5.91 Å². The van der Waals surface area contributed by atoms with Gasteiger partial charge in [0.15, 0.2) is 5.82 Å². The summed E-state index contributed by atoms with van der Waals surface area (Å²) in [5.41, 5.74) is 4.15. The number of anilines is 1. The molecule has 1 aliphatic carbocycles. The largest absolute Gasteiger partial charge is 0.356 e. The van der Waals surface area contributed by atoms with Crippen LogP contribution in [0.5, 0.6) is 0 Å². The molecule has 5 nitrogen and oxygen atoms in total. The van der Waals surface area contributed by atoms with Gasteiger partial charge in [-0.15, -0.1) is 0 Å². The zero-order chi connectivity index (χ0) is 22.6. The number of aryl methyl sites for hydroxylation is 1. The average molecular weight is 441 g/mol. The molecule has 1 aliphatic heterocycles. The molecule has 170 valence electrons. The van der Waals surface area contributed by atoms with E-state index < -0.39 is 0 Å². The molecule has 0 unspecified atom stereocenters. The van der Waals surface area contributed by atoms with Gasteiger partial charge < -0.3 is 10.2 Å². The maximum atomic E-state index is 13.0. The van der Waals surface area contributed by atoms with Crippen LogP contribution in [-0.4, -0.2) is 35.5 Å². The van der Waals surface area contributed by atoms with E-state index in [1.165, 1.54) is 24.0 Å². The minimum Gasteiger partial charge on any atom is -0.356 e. The summed E-state index contributed by atoms with van der Waals surface area (Å²) < 4.78 is 0. The van der Waals surface area contributed by atoms with Gasteiger partial charge in [0.2, 0.25) is 0 Å². The summed E-state index contributed by atoms with van der Waals surface area (Å²) in [4.78, 5) is 24.8. The third-order valence-corrected chi connectivity index (χ3v) is 6.82. The second kappa shape index (κ2) is 9.74. The molecule has 33 heavy (non-hydrogen) atoms. The Labute approximate surface area is 196 Å². The highest BCUT2D eigenvalue weighted by molar-refractivity contribution is 5.99. The first-order valence-corrected chi connectivity index (χ1v) is 12.2. The van der Waals surface area contributed by atoms with E-state index in [9.17, 15) is 4.79 Å². The van der Waals surface area contributed by atoms with Gasteiger partial charge in [-0.2, -0.15) is 0 Å². The van der Waals surface area contributed by atoms with Crippen molar-refractivity contribution in [2.45, 2.75) is 39.0 Å². The summed E-state index contributed by atoms with van der Waals surface area (Å²) >= 11 is 0. The number of nitrogens with zero attached hydrogens (tertiary/aromatic N) is 3. The quantitative estimate of drug-likeness (QED) is 0.558. The van der Waals surface area contributed by atoms with Gasteiger partial charge in [0.25, 0.3) is 5.91 Å². The predicted molar refractivity (Wildman–Crippen MR) is 132 cm³/mol. The van der Waals surface area contributed by atoms with Gasteiger partial charge in [-0.3, -0.25) is 4.79 Å². The van der Waals surface area contributed by atoms with Crippen LogP contribution in [0.15, 0.2) is 60.8 Å². The van der Waals surface area contributed by atoms with E-state index in [4.69, 9.17) is 4.98 Å². The normalized spacial score (nSPS) is 16.6. The molecular formula is C28H32N4O. The van der Waals surface area contributed by atoms with Crippen molar-refractivity contribution < 1.29 is 4.79 Å². The Morgan fingerprint density at radius 1 is 1.00 bits per heavy atom. The monoisotopic (exact) mass is 440 g/mol. The smallest absolute Gasteiger partial charge is 0.256 e. The molecule has 2 fully saturated rings. The fourth-order valence-corrected chi connectivity index (χ4v) is 4.65. The fourth-order valence-electron chi connectivity index (χ4n) is 4.65. The number of piperidine rings is 1. The van der Waals surface area contributed by atoms with E-state index in [1.807, 2.05) is 12.1 Å². The molecule has 5 rings (SSSR count). The summed E-state index contributed by atoms with van der Waals surface area (Å²) in [5.74, 6) is 2.69. The first-order chi connectivity index (χ1) is 16.2. The van der Waals surface area contributed by atoms with E-state index >= 15 is 0 Å². The number of aromatic nitrogens is 2. The molecule has 1 saturated heterocycles. The Balaban J connectivity index is 1.36. The van der Waals surface area contributed by atoms with Crippen LogP contribution in [0.4, 0.5) is 5.82 Å². The topological polar surface area (TPSA) is 58.1 Å². The summed E-state index contributed by atoms with van der Waals surface area (Å²) in [5, 5.41) is 3.10. The Morgan fingerprint density at radius 3 is 2.52 bits per heavy atom. The van der Waals surface area contributed by atoms with Gasteiger partial charge in [0.1, 0.15) is 11.4 Å². The number of rotatable bonds is 7. The molecule has 0 atom stereocenters. The maximum absolute atomic E-state index is 13.0. The Morgan fingerprint density at radius 2 is 1.79 bits per heavy atom. The zero-order valence-corrected chi connectivity index (χ0v) is 19.3. The van der Waals surface area contributed by atoms with Crippen molar-refractivity contribution in [1.82, 2.24) is 15.3 Å². The highest BCUT2D eigenvalue weighted by atomic mass is 16.1. The van der Waals surface area contributed by atoms with Crippen molar-refractivity contribution >= 4 is 11.7 Å². The molecule has 1 N–H and O–H groups in total. The van der Waals surface area contributed by atoms with Crippen molar-refractivity contribution in [3.8, 4) is 11.4 Å². The van der Waals surface area contributed by atoms with Crippen LogP contribution in [0.25, 0.3) is 11.4 Å². The molecule has 0 bridgehead atoms. The van der Waals surface area contributed by atoms with Gasteiger partial charge >= 0.3 is 0 Å². The minimum absolute atomic E-state index is 0.0564. The number of amides is 1. The van der Waals surface area contributed by atoms with E-state index in [1.54, 1.807) is 6.20 Å². The lowest BCUT2D eigenvalue weighted by Gasteiger charge is -2.34. The molecule has 5 heteroatoms. The van der Waals surface area contributed by atoms with Crippen LogP contribution in [0.3, 0.4) is 0 Å². The summed E-state index contributed by atoms with van der Waals surface area (Å²) in [6.07, 6.45) is 7.46. The number of carbonyl (C=O) groups is 1. The highest BCUT2D eigenvalue weighted by Crippen LogP contribution is 2.30. The SMILES string of the molecule is Cc1cccc(-c2ncc(C(=O)NCC3CC3)c(N3CCC(Cc4ccccc4)CC3)n2)c1. The average Bonchev–Trinajstić information content (AvgIpc) is 3.68. The number of benzene rings is 2. The number of hydrogen-bond donors (Lipinski definition) is 1. The lowest BCUT2D eigenvalue weighted by molar-refractivity contribution is 0.0951. The van der Waals surface area contributed by atoms with Crippen LogP contribution < -0.4 is 10.2 Å². The van der Waals surface area contributed by atoms with Crippen LogP contribution in [-0.2, 0) is 6.42 Å². The van der Waals surface area contributed by atoms with Crippen LogP contribution in [0.1, 0.15) is 47.2 Å². The summed E-state index contributed by atoms with van der Waals surface area (Å²) in [7, 11) is 0. The summed E-state index contributed by atoms with van der Waals surface area (Å²) in [6, 6.07) is 19.0. The first kappa shape index (κ1) is 21.6. The van der Waals surface area contributed by atoms with Crippen molar-refractivity contribution in [2.75, 3.05) is 24.5 Å². The molecule has 0 radical (unpaired) electrons. The zero-order valence-electron chi connectivity index (χ0n) is 19.3. The Kier molecular flexibility index (Phi) is 6.38. The molecular weight excluding hydrogens is 408 g/mol. The molecule has 3 aromatic rings. The Bertz CT molecular complexity index is 1100. The fraction of sp³-hybridized carbons (Fsp3) is 0.393. The molecule has 1 saturated carbocycles. The van der Waals surface area contributed by atoms with E-state index in [0.29, 0.717) is 23.2 Å². The van der Waals surface area contributed by atoms with Gasteiger partial charge in [0.05, 0.1) is 0 Å². The van der Waals surface area contributed by atoms with Crippen LogP contribution in [0, 0.1) is 18.8 Å². The second-order valence-corrected chi connectivity index (χ2v) is 9.57. The van der Waals surface area contributed by atoms with E-state index in [0.717, 1.165) is 50.3 Å². The predicted octanol–water partition coefficient (Wildman–Crippen LogP) is 5.05.